The number of rotatable bonds is 7. The molecular weight excluding hydrogens is 441 g/mol. The van der Waals surface area contributed by atoms with E-state index < -0.39 is 6.10 Å². The van der Waals surface area contributed by atoms with Crippen LogP contribution >= 0.6 is 0 Å². The van der Waals surface area contributed by atoms with Crippen LogP contribution in [0.15, 0.2) is 30.5 Å². The van der Waals surface area contributed by atoms with Crippen LogP contribution in [0.1, 0.15) is 27.3 Å². The smallest absolute Gasteiger partial charge is 0.255 e. The normalized spacial score (nSPS) is 14.2. The van der Waals surface area contributed by atoms with Gasteiger partial charge in [-0.3, -0.25) is 9.78 Å². The molecule has 8 nitrogen and oxygen atoms in total. The summed E-state index contributed by atoms with van der Waals surface area (Å²) >= 11 is 0. The molecule has 1 N–H and O–H groups in total. The molecule has 1 amide bonds. The number of nitrogens with one attached hydrogen (secondary N) is 1. The third-order valence-electron chi connectivity index (χ3n) is 5.69. The zero-order valence-corrected chi connectivity index (χ0v) is 19.7. The van der Waals surface area contributed by atoms with Crippen LogP contribution in [0.5, 0.6) is 23.0 Å². The number of hydrogen-bond acceptors (Lipinski definition) is 7. The zero-order valence-electron chi connectivity index (χ0n) is 19.7. The molecule has 1 aliphatic heterocycles. The molecule has 0 aliphatic carbocycles. The van der Waals surface area contributed by atoms with Gasteiger partial charge in [-0.1, -0.05) is 0 Å². The lowest BCUT2D eigenvalue weighted by Gasteiger charge is -2.17. The number of ether oxygens (including phenoxy) is 4. The Hall–Kier alpha value is -3.88. The van der Waals surface area contributed by atoms with E-state index in [4.69, 9.17) is 18.9 Å². The van der Waals surface area contributed by atoms with Crippen LogP contribution in [-0.2, 0) is 6.42 Å². The van der Waals surface area contributed by atoms with E-state index in [-0.39, 0.29) is 29.6 Å². The number of aryl methyl sites for hydroxylation is 2. The maximum absolute atomic E-state index is 14.6. The Kier molecular flexibility index (Phi) is 6.54. The van der Waals surface area contributed by atoms with Crippen molar-refractivity contribution in [3.05, 3.63) is 58.8 Å². The minimum Gasteiger partial charge on any atom is -0.493 e. The van der Waals surface area contributed by atoms with E-state index in [0.717, 1.165) is 11.4 Å². The molecular formula is C25H26FN3O5. The number of nitrogens with zero attached hydrogens (tertiary/aromatic N) is 2. The fourth-order valence-corrected chi connectivity index (χ4v) is 4.04. The Labute approximate surface area is 197 Å². The summed E-state index contributed by atoms with van der Waals surface area (Å²) in [6.07, 6.45) is 1.56. The summed E-state index contributed by atoms with van der Waals surface area (Å²) in [5.74, 6) is 0.736. The maximum atomic E-state index is 14.6. The second-order valence-corrected chi connectivity index (χ2v) is 7.88. The summed E-state index contributed by atoms with van der Waals surface area (Å²) in [5, 5.41) is 2.85. The van der Waals surface area contributed by atoms with Gasteiger partial charge in [-0.05, 0) is 38.1 Å². The van der Waals surface area contributed by atoms with Gasteiger partial charge in [-0.2, -0.15) is 0 Å². The van der Waals surface area contributed by atoms with Gasteiger partial charge in [0.05, 0.1) is 50.5 Å². The molecule has 0 unspecified atom stereocenters. The van der Waals surface area contributed by atoms with Crippen molar-refractivity contribution in [1.29, 1.82) is 0 Å². The molecule has 0 spiro atoms. The number of fused-ring (bicyclic) bond motifs is 1. The van der Waals surface area contributed by atoms with E-state index in [1.54, 1.807) is 24.4 Å². The molecule has 3 aromatic rings. The van der Waals surface area contributed by atoms with E-state index in [9.17, 15) is 9.18 Å². The highest BCUT2D eigenvalue weighted by Gasteiger charge is 2.31. The first-order valence-electron chi connectivity index (χ1n) is 10.7. The Morgan fingerprint density at radius 1 is 1.12 bits per heavy atom. The predicted octanol–water partition coefficient (Wildman–Crippen LogP) is 3.66. The first kappa shape index (κ1) is 23.3. The Balaban J connectivity index is 1.54. The largest absolute Gasteiger partial charge is 0.493 e. The van der Waals surface area contributed by atoms with Crippen LogP contribution in [0, 0.1) is 19.7 Å². The summed E-state index contributed by atoms with van der Waals surface area (Å²) in [5.41, 5.74) is 3.55. The van der Waals surface area contributed by atoms with Crippen molar-refractivity contribution in [2.45, 2.75) is 26.4 Å². The number of halogens is 1. The highest BCUT2D eigenvalue weighted by molar-refractivity contribution is 5.98. The van der Waals surface area contributed by atoms with Gasteiger partial charge in [-0.15, -0.1) is 0 Å². The van der Waals surface area contributed by atoms with Crippen LogP contribution in [0.25, 0.3) is 11.3 Å². The van der Waals surface area contributed by atoms with E-state index in [1.165, 1.54) is 27.4 Å². The minimum absolute atomic E-state index is 0.169. The van der Waals surface area contributed by atoms with Crippen molar-refractivity contribution in [3.63, 3.8) is 0 Å². The lowest BCUT2D eigenvalue weighted by molar-refractivity contribution is 0.0930. The van der Waals surface area contributed by atoms with Gasteiger partial charge < -0.3 is 24.3 Å². The highest BCUT2D eigenvalue weighted by atomic mass is 19.1. The van der Waals surface area contributed by atoms with E-state index in [0.29, 0.717) is 40.5 Å². The SMILES string of the molecule is COc1ccc(C(=O)NC[C@H]2Cc3c(F)ccc(-c4nc(C)cnc4C)c3O2)c(OC)c1OC. The molecule has 0 saturated heterocycles. The van der Waals surface area contributed by atoms with Crippen molar-refractivity contribution in [1.82, 2.24) is 15.3 Å². The first-order valence-corrected chi connectivity index (χ1v) is 10.7. The van der Waals surface area contributed by atoms with E-state index >= 15 is 0 Å². The molecule has 2 aromatic carbocycles. The van der Waals surface area contributed by atoms with Crippen LogP contribution in [-0.4, -0.2) is 49.9 Å². The lowest BCUT2D eigenvalue weighted by atomic mass is 10.0. The second-order valence-electron chi connectivity index (χ2n) is 7.88. The van der Waals surface area contributed by atoms with Crippen molar-refractivity contribution in [2.75, 3.05) is 27.9 Å². The predicted molar refractivity (Wildman–Crippen MR) is 123 cm³/mol. The quantitative estimate of drug-likeness (QED) is 0.567. The average molecular weight is 467 g/mol. The maximum Gasteiger partial charge on any atom is 0.255 e. The molecule has 2 heterocycles. The number of carbonyl (C=O) groups excluding carboxylic acids is 1. The van der Waals surface area contributed by atoms with Gasteiger partial charge in [0.1, 0.15) is 17.7 Å². The summed E-state index contributed by atoms with van der Waals surface area (Å²) in [4.78, 5) is 21.8. The highest BCUT2D eigenvalue weighted by Crippen LogP contribution is 2.41. The van der Waals surface area contributed by atoms with E-state index in [1.807, 2.05) is 13.8 Å². The van der Waals surface area contributed by atoms with Crippen LogP contribution in [0.3, 0.4) is 0 Å². The number of carbonyl (C=O) groups is 1. The second kappa shape index (κ2) is 9.54. The molecule has 0 bridgehead atoms. The summed E-state index contributed by atoms with van der Waals surface area (Å²) in [6, 6.07) is 6.29. The van der Waals surface area contributed by atoms with Gasteiger partial charge in [0.2, 0.25) is 5.75 Å². The van der Waals surface area contributed by atoms with Gasteiger partial charge in [0, 0.05) is 23.7 Å². The Morgan fingerprint density at radius 3 is 2.59 bits per heavy atom. The van der Waals surface area contributed by atoms with E-state index in [2.05, 4.69) is 15.3 Å². The van der Waals surface area contributed by atoms with Gasteiger partial charge in [0.15, 0.2) is 11.5 Å². The van der Waals surface area contributed by atoms with Crippen molar-refractivity contribution < 1.29 is 28.1 Å². The molecule has 9 heteroatoms. The third kappa shape index (κ3) is 4.21. The molecule has 1 aliphatic rings. The molecule has 0 saturated carbocycles. The monoisotopic (exact) mass is 467 g/mol. The Morgan fingerprint density at radius 2 is 1.88 bits per heavy atom. The lowest BCUT2D eigenvalue weighted by Crippen LogP contribution is -2.34. The molecule has 4 rings (SSSR count). The fraction of sp³-hybridized carbons (Fsp3) is 0.320. The van der Waals surface area contributed by atoms with Crippen molar-refractivity contribution in [2.24, 2.45) is 0 Å². The molecule has 178 valence electrons. The number of aromatic nitrogens is 2. The average Bonchev–Trinajstić information content (AvgIpc) is 3.28. The fourth-order valence-electron chi connectivity index (χ4n) is 4.04. The number of benzene rings is 2. The molecule has 1 aromatic heterocycles. The zero-order chi connectivity index (χ0) is 24.4. The topological polar surface area (TPSA) is 91.8 Å². The molecule has 0 fully saturated rings. The molecule has 0 radical (unpaired) electrons. The third-order valence-corrected chi connectivity index (χ3v) is 5.69. The standard InChI is InChI=1S/C25H26FN3O5/c1-13-11-27-14(2)21(29-13)16-6-8-19(26)18-10-15(34-22(16)18)12-28-25(30)17-7-9-20(31-3)24(33-5)23(17)32-4/h6-9,11,15H,10,12H2,1-5H3,(H,28,30)/t15-/m1/s1. The number of methoxy groups -OCH3 is 3. The minimum atomic E-state index is -0.446. The molecule has 34 heavy (non-hydrogen) atoms. The van der Waals surface area contributed by atoms with Crippen LogP contribution in [0.4, 0.5) is 4.39 Å². The first-order chi connectivity index (χ1) is 16.4. The van der Waals surface area contributed by atoms with Crippen LogP contribution < -0.4 is 24.3 Å². The van der Waals surface area contributed by atoms with Crippen LogP contribution in [0.2, 0.25) is 0 Å². The molecule has 1 atom stereocenters. The van der Waals surface area contributed by atoms with Crippen molar-refractivity contribution >= 4 is 5.91 Å². The summed E-state index contributed by atoms with van der Waals surface area (Å²) < 4.78 is 36.7. The Bertz CT molecular complexity index is 1250. The summed E-state index contributed by atoms with van der Waals surface area (Å²) in [7, 11) is 4.42. The van der Waals surface area contributed by atoms with Gasteiger partial charge in [-0.25, -0.2) is 9.37 Å². The van der Waals surface area contributed by atoms with Gasteiger partial charge >= 0.3 is 0 Å². The summed E-state index contributed by atoms with van der Waals surface area (Å²) in [6.45, 7) is 3.87. The number of hydrogen-bond donors (Lipinski definition) is 1. The van der Waals surface area contributed by atoms with Crippen molar-refractivity contribution in [3.8, 4) is 34.3 Å². The number of amides is 1. The van der Waals surface area contributed by atoms with Gasteiger partial charge in [0.25, 0.3) is 5.91 Å².